The van der Waals surface area contributed by atoms with E-state index in [0.717, 1.165) is 23.0 Å². The van der Waals surface area contributed by atoms with Gasteiger partial charge in [-0.25, -0.2) is 0 Å². The molecular weight excluding hydrogens is 296 g/mol. The van der Waals surface area contributed by atoms with Gasteiger partial charge in [0.05, 0.1) is 0 Å². The lowest BCUT2D eigenvalue weighted by Crippen LogP contribution is -2.28. The van der Waals surface area contributed by atoms with Gasteiger partial charge in [0, 0.05) is 5.56 Å². The molecule has 0 fully saturated rings. The van der Waals surface area contributed by atoms with Gasteiger partial charge in [0.25, 0.3) is 0 Å². The largest absolute Gasteiger partial charge is 0.432 e. The molecule has 0 radical (unpaired) electrons. The first-order valence-electron chi connectivity index (χ1n) is 6.80. The van der Waals surface area contributed by atoms with Crippen LogP contribution in [0, 0.1) is 6.92 Å². The number of hydrogen-bond donors (Lipinski definition) is 1. The number of hydrogen-bond acceptors (Lipinski definition) is 5. The lowest BCUT2D eigenvalue weighted by atomic mass is 10.0. The molecule has 0 atom stereocenters. The van der Waals surface area contributed by atoms with E-state index in [1.165, 1.54) is 7.11 Å². The zero-order valence-corrected chi connectivity index (χ0v) is 12.8. The molecule has 0 aliphatic carbocycles. The van der Waals surface area contributed by atoms with Gasteiger partial charge in [-0.2, -0.15) is 0 Å². The lowest BCUT2D eigenvalue weighted by Gasteiger charge is -2.11. The van der Waals surface area contributed by atoms with E-state index in [-0.39, 0.29) is 5.90 Å². The van der Waals surface area contributed by atoms with Crippen molar-refractivity contribution in [2.24, 2.45) is 10.9 Å². The number of oxime groups is 1. The molecule has 0 spiro atoms. The maximum atomic E-state index is 11.3. The minimum atomic E-state index is -0.834. The number of aryl methyl sites for hydroxylation is 1. The standard InChI is InChI=1S/C17H16N2O4/c1-11-6-7-14(13-5-3-4-12(8-13)10-20)9-15(11)23-17(16(18)21)19-22-2/h3-10H,1-2H3,(H2,18,21)/b19-17+. The number of rotatable bonds is 4. The number of carbonyl (C=O) groups excluding carboxylic acids is 2. The minimum absolute atomic E-state index is 0.339. The molecule has 2 rings (SSSR count). The molecule has 2 aromatic carbocycles. The van der Waals surface area contributed by atoms with Crippen LogP contribution in [0.5, 0.6) is 5.75 Å². The monoisotopic (exact) mass is 312 g/mol. The van der Waals surface area contributed by atoms with E-state index < -0.39 is 5.91 Å². The van der Waals surface area contributed by atoms with Gasteiger partial charge in [-0.15, -0.1) is 0 Å². The van der Waals surface area contributed by atoms with E-state index in [0.29, 0.717) is 11.3 Å². The zero-order valence-electron chi connectivity index (χ0n) is 12.8. The van der Waals surface area contributed by atoms with Crippen LogP contribution < -0.4 is 10.5 Å². The Bertz CT molecular complexity index is 769. The minimum Gasteiger partial charge on any atom is -0.432 e. The lowest BCUT2D eigenvalue weighted by molar-refractivity contribution is -0.113. The van der Waals surface area contributed by atoms with Crippen LogP contribution in [0.25, 0.3) is 11.1 Å². The number of nitrogens with two attached hydrogens (primary N) is 1. The highest BCUT2D eigenvalue weighted by atomic mass is 16.6. The summed E-state index contributed by atoms with van der Waals surface area (Å²) in [6, 6.07) is 12.6. The van der Waals surface area contributed by atoms with Crippen molar-refractivity contribution < 1.29 is 19.2 Å². The highest BCUT2D eigenvalue weighted by Crippen LogP contribution is 2.27. The molecule has 2 N–H and O–H groups in total. The molecule has 0 saturated heterocycles. The van der Waals surface area contributed by atoms with Gasteiger partial charge in [-0.1, -0.05) is 30.3 Å². The first-order valence-corrected chi connectivity index (χ1v) is 6.80. The molecule has 0 aliphatic rings. The summed E-state index contributed by atoms with van der Waals surface area (Å²) in [7, 11) is 1.29. The molecule has 118 valence electrons. The number of benzene rings is 2. The highest BCUT2D eigenvalue weighted by molar-refractivity contribution is 6.35. The fourth-order valence-electron chi connectivity index (χ4n) is 1.98. The first-order chi connectivity index (χ1) is 11.0. The summed E-state index contributed by atoms with van der Waals surface area (Å²) in [6.07, 6.45) is 0.783. The van der Waals surface area contributed by atoms with Crippen molar-refractivity contribution in [3.05, 3.63) is 53.6 Å². The van der Waals surface area contributed by atoms with Gasteiger partial charge >= 0.3 is 11.8 Å². The number of aldehydes is 1. The van der Waals surface area contributed by atoms with Gasteiger partial charge in [0.2, 0.25) is 0 Å². The Kier molecular flexibility index (Phi) is 5.09. The SMILES string of the molecule is CO/N=C(/Oc1cc(-c2cccc(C=O)c2)ccc1C)C(N)=O. The van der Waals surface area contributed by atoms with Gasteiger partial charge in [-0.05, 0) is 40.9 Å². The van der Waals surface area contributed by atoms with Crippen LogP contribution in [-0.4, -0.2) is 25.2 Å². The Hall–Kier alpha value is -3.15. The van der Waals surface area contributed by atoms with Crippen molar-refractivity contribution in [3.63, 3.8) is 0 Å². The predicted molar refractivity (Wildman–Crippen MR) is 86.3 cm³/mol. The summed E-state index contributed by atoms with van der Waals surface area (Å²) in [6.45, 7) is 1.83. The van der Waals surface area contributed by atoms with Crippen molar-refractivity contribution >= 4 is 18.1 Å². The van der Waals surface area contributed by atoms with Crippen LogP contribution in [0.2, 0.25) is 0 Å². The van der Waals surface area contributed by atoms with Gasteiger partial charge in [0.1, 0.15) is 19.1 Å². The fourth-order valence-corrected chi connectivity index (χ4v) is 1.98. The second-order valence-electron chi connectivity index (χ2n) is 4.77. The van der Waals surface area contributed by atoms with Crippen LogP contribution >= 0.6 is 0 Å². The molecule has 0 aliphatic heterocycles. The molecule has 1 amide bonds. The summed E-state index contributed by atoms with van der Waals surface area (Å²) >= 11 is 0. The maximum absolute atomic E-state index is 11.3. The third kappa shape index (κ3) is 3.94. The van der Waals surface area contributed by atoms with Crippen LogP contribution in [0.15, 0.2) is 47.6 Å². The third-order valence-electron chi connectivity index (χ3n) is 3.14. The number of amides is 1. The molecule has 0 bridgehead atoms. The average Bonchev–Trinajstić information content (AvgIpc) is 2.56. The third-order valence-corrected chi connectivity index (χ3v) is 3.14. The summed E-state index contributed by atoms with van der Waals surface area (Å²) in [5.74, 6) is -0.748. The topological polar surface area (TPSA) is 91.0 Å². The van der Waals surface area contributed by atoms with E-state index in [1.54, 1.807) is 24.3 Å². The zero-order chi connectivity index (χ0) is 16.8. The van der Waals surface area contributed by atoms with Crippen molar-refractivity contribution in [1.29, 1.82) is 0 Å². The molecule has 0 unspecified atom stereocenters. The second-order valence-corrected chi connectivity index (χ2v) is 4.77. The summed E-state index contributed by atoms with van der Waals surface area (Å²) < 4.78 is 5.45. The smallest absolute Gasteiger partial charge is 0.321 e. The number of nitrogens with zero attached hydrogens (tertiary/aromatic N) is 1. The van der Waals surface area contributed by atoms with E-state index in [1.807, 2.05) is 25.1 Å². The van der Waals surface area contributed by atoms with E-state index in [9.17, 15) is 9.59 Å². The molecule has 0 heterocycles. The second kappa shape index (κ2) is 7.22. The van der Waals surface area contributed by atoms with E-state index >= 15 is 0 Å². The molecule has 0 aromatic heterocycles. The predicted octanol–water partition coefficient (Wildman–Crippen LogP) is 2.30. The normalized spacial score (nSPS) is 11.0. The van der Waals surface area contributed by atoms with Crippen molar-refractivity contribution in [1.82, 2.24) is 0 Å². The van der Waals surface area contributed by atoms with E-state index in [2.05, 4.69) is 9.99 Å². The quantitative estimate of drug-likeness (QED) is 0.406. The van der Waals surface area contributed by atoms with Crippen LogP contribution in [0.4, 0.5) is 0 Å². The van der Waals surface area contributed by atoms with Crippen molar-refractivity contribution in [3.8, 4) is 16.9 Å². The highest BCUT2D eigenvalue weighted by Gasteiger charge is 2.13. The molecule has 6 heteroatoms. The summed E-state index contributed by atoms with van der Waals surface area (Å²) in [4.78, 5) is 26.7. The Morgan fingerprint density at radius 2 is 1.91 bits per heavy atom. The van der Waals surface area contributed by atoms with Crippen molar-refractivity contribution in [2.75, 3.05) is 7.11 Å². The summed E-state index contributed by atoms with van der Waals surface area (Å²) in [5, 5.41) is 3.46. The number of ether oxygens (including phenoxy) is 1. The Morgan fingerprint density at radius 3 is 2.57 bits per heavy atom. The van der Waals surface area contributed by atoms with Gasteiger partial charge in [-0.3, -0.25) is 9.59 Å². The molecule has 6 nitrogen and oxygen atoms in total. The fraction of sp³-hybridized carbons (Fsp3) is 0.118. The van der Waals surface area contributed by atoms with Crippen LogP contribution in [0.3, 0.4) is 0 Å². The molecule has 2 aromatic rings. The Labute approximate surface area is 133 Å². The Morgan fingerprint density at radius 1 is 1.17 bits per heavy atom. The Balaban J connectivity index is 2.40. The van der Waals surface area contributed by atoms with Gasteiger partial charge in [0.15, 0.2) is 0 Å². The maximum Gasteiger partial charge on any atom is 0.321 e. The summed E-state index contributed by atoms with van der Waals surface area (Å²) in [5.41, 5.74) is 8.24. The van der Waals surface area contributed by atoms with Gasteiger partial charge < -0.3 is 15.3 Å². The number of carbonyl (C=O) groups is 2. The van der Waals surface area contributed by atoms with Crippen LogP contribution in [-0.2, 0) is 9.63 Å². The number of primary amides is 1. The molecular formula is C17H16N2O4. The molecule has 0 saturated carbocycles. The average molecular weight is 312 g/mol. The van der Waals surface area contributed by atoms with Crippen molar-refractivity contribution in [2.45, 2.75) is 6.92 Å². The first kappa shape index (κ1) is 16.2. The van der Waals surface area contributed by atoms with E-state index in [4.69, 9.17) is 10.5 Å². The van der Waals surface area contributed by atoms with Crippen LogP contribution in [0.1, 0.15) is 15.9 Å². The molecule has 23 heavy (non-hydrogen) atoms.